The van der Waals surface area contributed by atoms with Crippen LogP contribution in [0.5, 0.6) is 0 Å². The fourth-order valence-electron chi connectivity index (χ4n) is 3.68. The van der Waals surface area contributed by atoms with Crippen LogP contribution in [0, 0.1) is 5.92 Å². The Kier molecular flexibility index (Phi) is 3.87. The van der Waals surface area contributed by atoms with Gasteiger partial charge >= 0.3 is 0 Å². The number of nitrogens with zero attached hydrogens (tertiary/aromatic N) is 1. The maximum atomic E-state index is 12.4. The summed E-state index contributed by atoms with van der Waals surface area (Å²) in [4.78, 5) is 14.8. The number of nitrogens with one attached hydrogen (secondary N) is 1. The van der Waals surface area contributed by atoms with E-state index in [0.717, 1.165) is 31.0 Å². The Bertz CT molecular complexity index is 715. The number of fused-ring (bicyclic) bond motifs is 2. The lowest BCUT2D eigenvalue weighted by Crippen LogP contribution is -2.46. The molecule has 0 radical (unpaired) electrons. The van der Waals surface area contributed by atoms with E-state index in [0.29, 0.717) is 16.5 Å². The Labute approximate surface area is 140 Å². The maximum Gasteiger partial charge on any atom is 0.287 e. The molecule has 2 aliphatic rings. The van der Waals surface area contributed by atoms with Crippen molar-refractivity contribution in [3.05, 3.63) is 47.2 Å². The number of hydrogen-bond acceptors (Lipinski definition) is 3. The summed E-state index contributed by atoms with van der Waals surface area (Å²) in [5.74, 6) is 1.61. The van der Waals surface area contributed by atoms with E-state index in [-0.39, 0.29) is 11.9 Å². The number of carbonyl (C=O) groups excluding carboxylic acids is 1. The monoisotopic (exact) mass is 330 g/mol. The van der Waals surface area contributed by atoms with Crippen molar-refractivity contribution in [2.45, 2.75) is 18.9 Å². The van der Waals surface area contributed by atoms with E-state index >= 15 is 0 Å². The molecule has 23 heavy (non-hydrogen) atoms. The minimum atomic E-state index is -0.134. The van der Waals surface area contributed by atoms with Gasteiger partial charge in [0.1, 0.15) is 5.76 Å². The Morgan fingerprint density at radius 2 is 2.17 bits per heavy atom. The topological polar surface area (TPSA) is 45.5 Å². The zero-order chi connectivity index (χ0) is 15.8. The molecule has 0 saturated carbocycles. The lowest BCUT2D eigenvalue weighted by Gasteiger charge is -2.30. The summed E-state index contributed by atoms with van der Waals surface area (Å²) in [5, 5.41) is 3.76. The number of halogens is 1. The largest absolute Gasteiger partial charge is 0.451 e. The molecule has 120 valence electrons. The van der Waals surface area contributed by atoms with E-state index in [1.165, 1.54) is 13.0 Å². The third-order valence-electron chi connectivity index (χ3n) is 4.74. The molecule has 1 unspecified atom stereocenters. The molecule has 4 rings (SSSR count). The number of carbonyl (C=O) groups is 1. The lowest BCUT2D eigenvalue weighted by atomic mass is 9.97. The first-order chi connectivity index (χ1) is 11.2. The number of rotatable bonds is 3. The van der Waals surface area contributed by atoms with E-state index < -0.39 is 0 Å². The van der Waals surface area contributed by atoms with E-state index in [1.807, 2.05) is 30.3 Å². The van der Waals surface area contributed by atoms with E-state index in [2.05, 4.69) is 10.2 Å². The van der Waals surface area contributed by atoms with Gasteiger partial charge in [0.2, 0.25) is 0 Å². The van der Waals surface area contributed by atoms with Crippen molar-refractivity contribution < 1.29 is 9.21 Å². The number of piperidine rings is 1. The molecule has 0 aliphatic carbocycles. The van der Waals surface area contributed by atoms with Gasteiger partial charge in [0.05, 0.1) is 0 Å². The summed E-state index contributed by atoms with van der Waals surface area (Å²) < 4.78 is 5.71. The molecule has 2 fully saturated rings. The number of amides is 1. The quantitative estimate of drug-likeness (QED) is 0.938. The fraction of sp³-hybridized carbons (Fsp3) is 0.389. The average Bonchev–Trinajstić information content (AvgIpc) is 3.14. The van der Waals surface area contributed by atoms with Gasteiger partial charge in [0, 0.05) is 29.7 Å². The van der Waals surface area contributed by atoms with Crippen LogP contribution in [0.3, 0.4) is 0 Å². The normalized spacial score (nSPS) is 26.2. The zero-order valence-corrected chi connectivity index (χ0v) is 13.6. The molecule has 0 spiro atoms. The van der Waals surface area contributed by atoms with Gasteiger partial charge in [-0.05, 0) is 49.6 Å². The van der Waals surface area contributed by atoms with Gasteiger partial charge in [-0.3, -0.25) is 4.79 Å². The minimum Gasteiger partial charge on any atom is -0.451 e. The molecule has 2 aromatic rings. The van der Waals surface area contributed by atoms with Gasteiger partial charge < -0.3 is 14.6 Å². The third-order valence-corrected chi connectivity index (χ3v) is 4.98. The highest BCUT2D eigenvalue weighted by Crippen LogP contribution is 2.28. The van der Waals surface area contributed by atoms with Crippen molar-refractivity contribution in [3.63, 3.8) is 0 Å². The van der Waals surface area contributed by atoms with Gasteiger partial charge in [0.25, 0.3) is 5.91 Å². The van der Waals surface area contributed by atoms with Gasteiger partial charge in [0.15, 0.2) is 5.76 Å². The second kappa shape index (κ2) is 6.02. The average molecular weight is 331 g/mol. The second-order valence-electron chi connectivity index (χ2n) is 6.49. The summed E-state index contributed by atoms with van der Waals surface area (Å²) >= 11 is 6.00. The first kappa shape index (κ1) is 14.8. The molecule has 2 saturated heterocycles. The second-order valence-corrected chi connectivity index (χ2v) is 6.93. The molecule has 1 N–H and O–H groups in total. The zero-order valence-electron chi connectivity index (χ0n) is 12.8. The molecule has 1 aromatic heterocycles. The summed E-state index contributed by atoms with van der Waals surface area (Å²) in [7, 11) is 0. The van der Waals surface area contributed by atoms with Crippen LogP contribution in [0.1, 0.15) is 23.4 Å². The summed E-state index contributed by atoms with van der Waals surface area (Å²) in [6.45, 7) is 3.30. The highest BCUT2D eigenvalue weighted by atomic mass is 35.5. The lowest BCUT2D eigenvalue weighted by molar-refractivity contribution is 0.0882. The molecule has 1 amide bonds. The van der Waals surface area contributed by atoms with Crippen molar-refractivity contribution >= 4 is 17.5 Å². The SMILES string of the molecule is O=C(N[C@@H]1C[C@H]2CCN(C2)C1)c1ccc(-c2cccc(Cl)c2)o1. The van der Waals surface area contributed by atoms with Crippen LogP contribution in [0.4, 0.5) is 0 Å². The number of furan rings is 1. The van der Waals surface area contributed by atoms with Crippen molar-refractivity contribution in [2.24, 2.45) is 5.92 Å². The molecular formula is C18H19ClN2O2. The van der Waals surface area contributed by atoms with Gasteiger partial charge in [-0.1, -0.05) is 23.7 Å². The minimum absolute atomic E-state index is 0.134. The Morgan fingerprint density at radius 1 is 1.26 bits per heavy atom. The van der Waals surface area contributed by atoms with Gasteiger partial charge in [-0.15, -0.1) is 0 Å². The van der Waals surface area contributed by atoms with Crippen LogP contribution in [0.25, 0.3) is 11.3 Å². The molecule has 3 heterocycles. The van der Waals surface area contributed by atoms with Crippen molar-refractivity contribution in [1.29, 1.82) is 0 Å². The molecule has 1 aromatic carbocycles. The fourth-order valence-corrected chi connectivity index (χ4v) is 3.87. The highest BCUT2D eigenvalue weighted by Gasteiger charge is 2.33. The Balaban J connectivity index is 1.45. The van der Waals surface area contributed by atoms with Gasteiger partial charge in [-0.2, -0.15) is 0 Å². The van der Waals surface area contributed by atoms with Crippen LogP contribution in [0.2, 0.25) is 5.02 Å². The molecule has 3 atom stereocenters. The standard InChI is InChI=1S/C18H19ClN2O2/c19-14-3-1-2-13(9-14)16-4-5-17(23-16)18(22)20-15-8-12-6-7-21(10-12)11-15/h1-5,9,12,15H,6-8,10-11H2,(H,20,22)/t12-,15-/m1/s1. The molecule has 2 bridgehead atoms. The first-order valence-electron chi connectivity index (χ1n) is 8.06. The third kappa shape index (κ3) is 3.14. The Hall–Kier alpha value is -1.78. The van der Waals surface area contributed by atoms with Crippen LogP contribution in [-0.2, 0) is 0 Å². The van der Waals surface area contributed by atoms with E-state index in [1.54, 1.807) is 6.07 Å². The predicted octanol–water partition coefficient (Wildman–Crippen LogP) is 3.42. The van der Waals surface area contributed by atoms with Crippen LogP contribution < -0.4 is 5.32 Å². The molecule has 2 aliphatic heterocycles. The molecule has 4 nitrogen and oxygen atoms in total. The van der Waals surface area contributed by atoms with Crippen LogP contribution in [0.15, 0.2) is 40.8 Å². The van der Waals surface area contributed by atoms with Crippen molar-refractivity contribution in [2.75, 3.05) is 19.6 Å². The van der Waals surface area contributed by atoms with Crippen LogP contribution >= 0.6 is 11.6 Å². The van der Waals surface area contributed by atoms with E-state index in [9.17, 15) is 4.79 Å². The van der Waals surface area contributed by atoms with Crippen molar-refractivity contribution in [1.82, 2.24) is 10.2 Å². The van der Waals surface area contributed by atoms with Crippen LogP contribution in [-0.4, -0.2) is 36.5 Å². The Morgan fingerprint density at radius 3 is 3.00 bits per heavy atom. The summed E-state index contributed by atoms with van der Waals surface area (Å²) in [5.41, 5.74) is 0.873. The predicted molar refractivity (Wildman–Crippen MR) is 89.6 cm³/mol. The summed E-state index contributed by atoms with van der Waals surface area (Å²) in [6, 6.07) is 11.2. The smallest absolute Gasteiger partial charge is 0.287 e. The first-order valence-corrected chi connectivity index (χ1v) is 8.44. The number of benzene rings is 1. The van der Waals surface area contributed by atoms with E-state index in [4.69, 9.17) is 16.0 Å². The van der Waals surface area contributed by atoms with Gasteiger partial charge in [-0.25, -0.2) is 0 Å². The highest BCUT2D eigenvalue weighted by molar-refractivity contribution is 6.30. The number of hydrogen-bond donors (Lipinski definition) is 1. The van der Waals surface area contributed by atoms with Crippen molar-refractivity contribution in [3.8, 4) is 11.3 Å². The molecular weight excluding hydrogens is 312 g/mol. The molecule has 5 heteroatoms. The summed E-state index contributed by atoms with van der Waals surface area (Å²) in [6.07, 6.45) is 2.33. The maximum absolute atomic E-state index is 12.4.